The summed E-state index contributed by atoms with van der Waals surface area (Å²) in [4.78, 5) is 22.7. The number of aliphatic hydroxyl groups excluding tert-OH is 1. The predicted octanol–water partition coefficient (Wildman–Crippen LogP) is 2.47. The zero-order chi connectivity index (χ0) is 15.2. The molecule has 0 amide bonds. The van der Waals surface area contributed by atoms with Gasteiger partial charge in [-0.25, -0.2) is 9.59 Å². The summed E-state index contributed by atoms with van der Waals surface area (Å²) in [5.74, 6) is -1.40. The fourth-order valence-electron chi connectivity index (χ4n) is 1.97. The summed E-state index contributed by atoms with van der Waals surface area (Å²) in [6, 6.07) is 9.72. The molecule has 0 heterocycles. The lowest BCUT2D eigenvalue weighted by Gasteiger charge is -2.06. The Morgan fingerprint density at radius 3 is 2.19 bits per heavy atom. The standard InChI is InChI=1S/C16H16O5/c17-7-1-2-8-21-16(20)14-6-4-11-9-13(15(18)19)5-3-12(11)10-14/h3-6,9-10,17H,1-2,7-8H2,(H,18,19). The second-order valence-corrected chi connectivity index (χ2v) is 4.65. The Balaban J connectivity index is 2.13. The Kier molecular flexibility index (Phi) is 4.90. The van der Waals surface area contributed by atoms with Gasteiger partial charge in [0.15, 0.2) is 0 Å². The Morgan fingerprint density at radius 1 is 0.952 bits per heavy atom. The fourth-order valence-corrected chi connectivity index (χ4v) is 1.97. The van der Waals surface area contributed by atoms with Gasteiger partial charge in [-0.1, -0.05) is 12.1 Å². The van der Waals surface area contributed by atoms with Crippen LogP contribution in [0.15, 0.2) is 36.4 Å². The third kappa shape index (κ3) is 3.79. The maximum absolute atomic E-state index is 11.8. The monoisotopic (exact) mass is 288 g/mol. The number of hydrogen-bond donors (Lipinski definition) is 2. The molecule has 0 aliphatic rings. The van der Waals surface area contributed by atoms with Gasteiger partial charge in [0.05, 0.1) is 17.7 Å². The minimum absolute atomic E-state index is 0.0828. The predicted molar refractivity (Wildman–Crippen MR) is 77.5 cm³/mol. The van der Waals surface area contributed by atoms with Gasteiger partial charge in [-0.3, -0.25) is 0 Å². The van der Waals surface area contributed by atoms with Gasteiger partial charge < -0.3 is 14.9 Å². The highest BCUT2D eigenvalue weighted by molar-refractivity contribution is 5.98. The number of carboxylic acids is 1. The molecule has 0 saturated carbocycles. The van der Waals surface area contributed by atoms with E-state index in [-0.39, 0.29) is 18.8 Å². The smallest absolute Gasteiger partial charge is 0.338 e. The van der Waals surface area contributed by atoms with Crippen LogP contribution >= 0.6 is 0 Å². The first-order valence-corrected chi connectivity index (χ1v) is 6.67. The first kappa shape index (κ1) is 15.0. The molecule has 2 rings (SSSR count). The van der Waals surface area contributed by atoms with Crippen LogP contribution in [0.4, 0.5) is 0 Å². The molecule has 0 bridgehead atoms. The molecule has 2 aromatic rings. The van der Waals surface area contributed by atoms with Crippen LogP contribution in [0.25, 0.3) is 10.8 Å². The van der Waals surface area contributed by atoms with Crippen LogP contribution in [-0.2, 0) is 4.74 Å². The molecule has 110 valence electrons. The van der Waals surface area contributed by atoms with Crippen molar-refractivity contribution in [3.63, 3.8) is 0 Å². The molecule has 2 N–H and O–H groups in total. The second-order valence-electron chi connectivity index (χ2n) is 4.65. The Morgan fingerprint density at radius 2 is 1.57 bits per heavy atom. The topological polar surface area (TPSA) is 83.8 Å². The van der Waals surface area contributed by atoms with E-state index in [1.807, 2.05) is 0 Å². The van der Waals surface area contributed by atoms with Crippen LogP contribution in [0.2, 0.25) is 0 Å². The molecular weight excluding hydrogens is 272 g/mol. The molecule has 2 aromatic carbocycles. The van der Waals surface area contributed by atoms with Gasteiger partial charge in [-0.2, -0.15) is 0 Å². The third-order valence-corrected chi connectivity index (χ3v) is 3.11. The molecule has 0 fully saturated rings. The van der Waals surface area contributed by atoms with E-state index >= 15 is 0 Å². The van der Waals surface area contributed by atoms with Crippen molar-refractivity contribution in [1.82, 2.24) is 0 Å². The molecule has 5 heteroatoms. The summed E-state index contributed by atoms with van der Waals surface area (Å²) >= 11 is 0. The highest BCUT2D eigenvalue weighted by Crippen LogP contribution is 2.18. The summed E-state index contributed by atoms with van der Waals surface area (Å²) < 4.78 is 5.10. The van der Waals surface area contributed by atoms with E-state index in [9.17, 15) is 9.59 Å². The van der Waals surface area contributed by atoms with Crippen molar-refractivity contribution >= 4 is 22.7 Å². The number of benzene rings is 2. The molecule has 0 saturated heterocycles. The van der Waals surface area contributed by atoms with Gasteiger partial charge in [-0.15, -0.1) is 0 Å². The lowest BCUT2D eigenvalue weighted by Crippen LogP contribution is -2.06. The second kappa shape index (κ2) is 6.85. The van der Waals surface area contributed by atoms with Gasteiger partial charge >= 0.3 is 11.9 Å². The zero-order valence-electron chi connectivity index (χ0n) is 11.4. The summed E-state index contributed by atoms with van der Waals surface area (Å²) in [5.41, 5.74) is 0.636. The highest BCUT2D eigenvalue weighted by atomic mass is 16.5. The molecular formula is C16H16O5. The summed E-state index contributed by atoms with van der Waals surface area (Å²) in [6.07, 6.45) is 1.22. The van der Waals surface area contributed by atoms with Crippen LogP contribution in [0.3, 0.4) is 0 Å². The van der Waals surface area contributed by atoms with E-state index < -0.39 is 11.9 Å². The van der Waals surface area contributed by atoms with Gasteiger partial charge in [-0.05, 0) is 47.9 Å². The lowest BCUT2D eigenvalue weighted by molar-refractivity contribution is 0.0492. The van der Waals surface area contributed by atoms with Crippen molar-refractivity contribution in [2.24, 2.45) is 0 Å². The number of fused-ring (bicyclic) bond motifs is 1. The van der Waals surface area contributed by atoms with E-state index in [0.717, 1.165) is 10.8 Å². The quantitative estimate of drug-likeness (QED) is 0.630. The van der Waals surface area contributed by atoms with Crippen molar-refractivity contribution in [3.05, 3.63) is 47.5 Å². The maximum atomic E-state index is 11.8. The molecule has 0 unspecified atom stereocenters. The molecule has 5 nitrogen and oxygen atoms in total. The normalized spacial score (nSPS) is 10.5. The minimum Gasteiger partial charge on any atom is -0.478 e. The summed E-state index contributed by atoms with van der Waals surface area (Å²) in [5, 5.41) is 19.1. The Labute approximate surface area is 121 Å². The number of hydrogen-bond acceptors (Lipinski definition) is 4. The number of ether oxygens (including phenoxy) is 1. The Bertz CT molecular complexity index is 663. The molecule has 0 radical (unpaired) electrons. The fraction of sp³-hybridized carbons (Fsp3) is 0.250. The first-order chi connectivity index (χ1) is 10.1. The van der Waals surface area contributed by atoms with Crippen molar-refractivity contribution in [1.29, 1.82) is 0 Å². The van der Waals surface area contributed by atoms with E-state index in [1.54, 1.807) is 30.3 Å². The van der Waals surface area contributed by atoms with Crippen molar-refractivity contribution < 1.29 is 24.5 Å². The molecule has 0 atom stereocenters. The molecule has 0 aliphatic carbocycles. The van der Waals surface area contributed by atoms with E-state index in [1.165, 1.54) is 6.07 Å². The number of rotatable bonds is 6. The maximum Gasteiger partial charge on any atom is 0.338 e. The van der Waals surface area contributed by atoms with Crippen molar-refractivity contribution in [3.8, 4) is 0 Å². The van der Waals surface area contributed by atoms with E-state index in [4.69, 9.17) is 14.9 Å². The minimum atomic E-state index is -0.982. The van der Waals surface area contributed by atoms with E-state index in [2.05, 4.69) is 0 Å². The number of unbranched alkanes of at least 4 members (excludes halogenated alkanes) is 1. The van der Waals surface area contributed by atoms with Gasteiger partial charge in [0, 0.05) is 6.61 Å². The summed E-state index contributed by atoms with van der Waals surface area (Å²) in [7, 11) is 0. The van der Waals surface area contributed by atoms with Gasteiger partial charge in [0.1, 0.15) is 0 Å². The van der Waals surface area contributed by atoms with Crippen LogP contribution in [0.5, 0.6) is 0 Å². The van der Waals surface area contributed by atoms with Crippen LogP contribution < -0.4 is 0 Å². The van der Waals surface area contributed by atoms with E-state index in [0.29, 0.717) is 18.4 Å². The molecule has 21 heavy (non-hydrogen) atoms. The number of carboxylic acid groups (broad SMARTS) is 1. The van der Waals surface area contributed by atoms with Crippen LogP contribution in [0, 0.1) is 0 Å². The number of carbonyl (C=O) groups excluding carboxylic acids is 1. The first-order valence-electron chi connectivity index (χ1n) is 6.67. The van der Waals surface area contributed by atoms with Crippen molar-refractivity contribution in [2.75, 3.05) is 13.2 Å². The van der Waals surface area contributed by atoms with Crippen molar-refractivity contribution in [2.45, 2.75) is 12.8 Å². The molecule has 0 aliphatic heterocycles. The number of aromatic carboxylic acids is 1. The summed E-state index contributed by atoms with van der Waals surface area (Å²) in [6.45, 7) is 0.356. The van der Waals surface area contributed by atoms with Gasteiger partial charge in [0.25, 0.3) is 0 Å². The zero-order valence-corrected chi connectivity index (χ0v) is 11.4. The number of carbonyl (C=O) groups is 2. The average Bonchev–Trinajstić information content (AvgIpc) is 2.50. The highest BCUT2D eigenvalue weighted by Gasteiger charge is 2.09. The molecule has 0 spiro atoms. The lowest BCUT2D eigenvalue weighted by atomic mass is 10.0. The largest absolute Gasteiger partial charge is 0.478 e. The average molecular weight is 288 g/mol. The van der Waals surface area contributed by atoms with Crippen LogP contribution in [-0.4, -0.2) is 35.4 Å². The SMILES string of the molecule is O=C(O)c1ccc2cc(C(=O)OCCCCO)ccc2c1. The Hall–Kier alpha value is -2.40. The van der Waals surface area contributed by atoms with Gasteiger partial charge in [0.2, 0.25) is 0 Å². The van der Waals surface area contributed by atoms with Crippen LogP contribution in [0.1, 0.15) is 33.6 Å². The third-order valence-electron chi connectivity index (χ3n) is 3.11. The number of esters is 1. The number of aliphatic hydroxyl groups is 1. The molecule has 0 aromatic heterocycles.